The lowest BCUT2D eigenvalue weighted by Crippen LogP contribution is -2.25. The van der Waals surface area contributed by atoms with Crippen LogP contribution in [-0.4, -0.2) is 30.1 Å². The van der Waals surface area contributed by atoms with Crippen LogP contribution in [0.2, 0.25) is 0 Å². The maximum atomic E-state index is 5.71. The maximum absolute atomic E-state index is 5.71. The molecule has 1 aromatic carbocycles. The summed E-state index contributed by atoms with van der Waals surface area (Å²) in [6, 6.07) is 6.12. The van der Waals surface area contributed by atoms with Gasteiger partial charge < -0.3 is 10.5 Å². The Hall–Kier alpha value is -1.13. The fourth-order valence-electron chi connectivity index (χ4n) is 2.98. The van der Waals surface area contributed by atoms with E-state index in [1.54, 1.807) is 7.11 Å². The first-order valence-corrected chi connectivity index (χ1v) is 7.91. The summed E-state index contributed by atoms with van der Waals surface area (Å²) in [6.07, 6.45) is 1.28. The Morgan fingerprint density at radius 2 is 2.14 bits per heavy atom. The number of nitrogens with zero attached hydrogens (tertiary/aromatic N) is 1. The summed E-state index contributed by atoms with van der Waals surface area (Å²) < 4.78 is 5.40. The van der Waals surface area contributed by atoms with Crippen molar-refractivity contribution in [2.24, 2.45) is 17.1 Å². The molecule has 1 atom stereocenters. The lowest BCUT2D eigenvalue weighted by Gasteiger charge is -2.27. The van der Waals surface area contributed by atoms with Crippen LogP contribution in [0.3, 0.4) is 0 Å². The largest absolute Gasteiger partial charge is 0.496 e. The second-order valence-corrected chi connectivity index (χ2v) is 7.43. The van der Waals surface area contributed by atoms with E-state index in [1.165, 1.54) is 25.1 Å². The van der Waals surface area contributed by atoms with Crippen LogP contribution in [0, 0.1) is 11.3 Å². The van der Waals surface area contributed by atoms with Gasteiger partial charge in [0.2, 0.25) is 0 Å². The molecule has 1 aromatic rings. The molecule has 0 amide bonds. The minimum absolute atomic E-state index is 0.382. The second kappa shape index (κ2) is 6.32. The first-order valence-electron chi connectivity index (χ1n) is 7.50. The number of nitrogens with two attached hydrogens (primary N) is 1. The van der Waals surface area contributed by atoms with E-state index in [0.29, 0.717) is 10.4 Å². The molecule has 1 unspecified atom stereocenters. The summed E-state index contributed by atoms with van der Waals surface area (Å²) in [5.74, 6) is 1.54. The number of thiocarbonyl (C=S) groups is 1. The van der Waals surface area contributed by atoms with E-state index in [2.05, 4.69) is 37.8 Å². The van der Waals surface area contributed by atoms with Crippen LogP contribution < -0.4 is 10.5 Å². The van der Waals surface area contributed by atoms with E-state index in [-0.39, 0.29) is 0 Å². The van der Waals surface area contributed by atoms with Gasteiger partial charge in [0.25, 0.3) is 0 Å². The van der Waals surface area contributed by atoms with E-state index in [0.717, 1.165) is 23.8 Å². The van der Waals surface area contributed by atoms with Gasteiger partial charge >= 0.3 is 0 Å². The van der Waals surface area contributed by atoms with Gasteiger partial charge in [0.15, 0.2) is 0 Å². The first-order chi connectivity index (χ1) is 9.81. The van der Waals surface area contributed by atoms with Gasteiger partial charge in [0, 0.05) is 13.1 Å². The predicted molar refractivity (Wildman–Crippen MR) is 91.7 cm³/mol. The molecule has 0 bridgehead atoms. The van der Waals surface area contributed by atoms with E-state index >= 15 is 0 Å². The number of benzene rings is 1. The standard InChI is InChI=1S/C17H26N2OS/c1-17(2,3)13-7-8-19(11-13)10-12-5-6-14(16(18)21)15(9-12)20-4/h5-6,9,13H,7-8,10-11H2,1-4H3,(H2,18,21). The summed E-state index contributed by atoms with van der Waals surface area (Å²) in [5.41, 5.74) is 8.16. The Bertz CT molecular complexity index is 522. The Labute approximate surface area is 133 Å². The Balaban J connectivity index is 2.06. The number of hydrogen-bond acceptors (Lipinski definition) is 3. The molecule has 1 saturated heterocycles. The number of methoxy groups -OCH3 is 1. The molecule has 2 rings (SSSR count). The van der Waals surface area contributed by atoms with Crippen molar-refractivity contribution in [3.8, 4) is 5.75 Å². The highest BCUT2D eigenvalue weighted by Gasteiger charge is 2.31. The van der Waals surface area contributed by atoms with Gasteiger partial charge in [-0.05, 0) is 42.0 Å². The van der Waals surface area contributed by atoms with Crippen molar-refractivity contribution in [1.29, 1.82) is 0 Å². The summed E-state index contributed by atoms with van der Waals surface area (Å²) in [5, 5.41) is 0. The van der Waals surface area contributed by atoms with Crippen LogP contribution in [0.4, 0.5) is 0 Å². The zero-order valence-electron chi connectivity index (χ0n) is 13.5. The molecule has 1 fully saturated rings. The van der Waals surface area contributed by atoms with Gasteiger partial charge in [-0.3, -0.25) is 4.90 Å². The highest BCUT2D eigenvalue weighted by molar-refractivity contribution is 7.80. The average Bonchev–Trinajstić information content (AvgIpc) is 2.86. The highest BCUT2D eigenvalue weighted by Crippen LogP contribution is 2.34. The van der Waals surface area contributed by atoms with Gasteiger partial charge in [-0.15, -0.1) is 0 Å². The summed E-state index contributed by atoms with van der Waals surface area (Å²) >= 11 is 5.05. The minimum Gasteiger partial charge on any atom is -0.496 e. The quantitative estimate of drug-likeness (QED) is 0.867. The van der Waals surface area contributed by atoms with E-state index in [1.807, 2.05) is 6.07 Å². The fraction of sp³-hybridized carbons (Fsp3) is 0.588. The zero-order chi connectivity index (χ0) is 15.6. The van der Waals surface area contributed by atoms with Gasteiger partial charge in [-0.1, -0.05) is 39.1 Å². The zero-order valence-corrected chi connectivity index (χ0v) is 14.3. The number of rotatable bonds is 4. The maximum Gasteiger partial charge on any atom is 0.129 e. The van der Waals surface area contributed by atoms with Crippen LogP contribution in [0.1, 0.15) is 38.3 Å². The van der Waals surface area contributed by atoms with E-state index in [9.17, 15) is 0 Å². The molecule has 1 aliphatic rings. The SMILES string of the molecule is COc1cc(CN2CCC(C(C)(C)C)C2)ccc1C(N)=S. The fourth-order valence-corrected chi connectivity index (χ4v) is 3.15. The van der Waals surface area contributed by atoms with Gasteiger partial charge in [0.05, 0.1) is 12.7 Å². The number of hydrogen-bond donors (Lipinski definition) is 1. The van der Waals surface area contributed by atoms with Gasteiger partial charge in [0.1, 0.15) is 10.7 Å². The molecule has 0 saturated carbocycles. The molecule has 1 aliphatic heterocycles. The normalized spacial score (nSPS) is 19.7. The van der Waals surface area contributed by atoms with Crippen molar-refractivity contribution in [2.45, 2.75) is 33.7 Å². The highest BCUT2D eigenvalue weighted by atomic mass is 32.1. The lowest BCUT2D eigenvalue weighted by molar-refractivity contribution is 0.226. The topological polar surface area (TPSA) is 38.5 Å². The summed E-state index contributed by atoms with van der Waals surface area (Å²) in [7, 11) is 1.66. The molecule has 2 N–H and O–H groups in total. The molecule has 116 valence electrons. The summed E-state index contributed by atoms with van der Waals surface area (Å²) in [4.78, 5) is 2.90. The van der Waals surface area contributed by atoms with E-state index < -0.39 is 0 Å². The van der Waals surface area contributed by atoms with Gasteiger partial charge in [-0.2, -0.15) is 0 Å². The van der Waals surface area contributed by atoms with E-state index in [4.69, 9.17) is 22.7 Å². The molecule has 0 aromatic heterocycles. The molecule has 0 spiro atoms. The van der Waals surface area contributed by atoms with Crippen LogP contribution in [0.25, 0.3) is 0 Å². The Morgan fingerprint density at radius 1 is 1.43 bits per heavy atom. The van der Waals surface area contributed by atoms with Crippen molar-refractivity contribution in [3.63, 3.8) is 0 Å². The number of ether oxygens (including phenoxy) is 1. The van der Waals surface area contributed by atoms with Crippen molar-refractivity contribution >= 4 is 17.2 Å². The predicted octanol–water partition coefficient (Wildman–Crippen LogP) is 3.20. The molecular formula is C17H26N2OS. The van der Waals surface area contributed by atoms with Crippen molar-refractivity contribution in [3.05, 3.63) is 29.3 Å². The number of likely N-dealkylation sites (tertiary alicyclic amines) is 1. The second-order valence-electron chi connectivity index (χ2n) is 6.99. The van der Waals surface area contributed by atoms with Gasteiger partial charge in [-0.25, -0.2) is 0 Å². The minimum atomic E-state index is 0.382. The smallest absolute Gasteiger partial charge is 0.129 e. The van der Waals surface area contributed by atoms with Crippen LogP contribution >= 0.6 is 12.2 Å². The van der Waals surface area contributed by atoms with Crippen LogP contribution in [-0.2, 0) is 6.54 Å². The van der Waals surface area contributed by atoms with Crippen LogP contribution in [0.5, 0.6) is 5.75 Å². The lowest BCUT2D eigenvalue weighted by atomic mass is 9.80. The van der Waals surface area contributed by atoms with Crippen molar-refractivity contribution in [2.75, 3.05) is 20.2 Å². The molecular weight excluding hydrogens is 280 g/mol. The molecule has 0 radical (unpaired) electrons. The summed E-state index contributed by atoms with van der Waals surface area (Å²) in [6.45, 7) is 10.3. The molecule has 1 heterocycles. The molecule has 0 aliphatic carbocycles. The molecule has 21 heavy (non-hydrogen) atoms. The third kappa shape index (κ3) is 3.95. The Morgan fingerprint density at radius 3 is 2.67 bits per heavy atom. The first kappa shape index (κ1) is 16.2. The molecule has 3 nitrogen and oxygen atoms in total. The van der Waals surface area contributed by atoms with Crippen LogP contribution in [0.15, 0.2) is 18.2 Å². The van der Waals surface area contributed by atoms with Crippen molar-refractivity contribution in [1.82, 2.24) is 4.90 Å². The third-order valence-electron chi connectivity index (χ3n) is 4.43. The van der Waals surface area contributed by atoms with Crippen molar-refractivity contribution < 1.29 is 4.74 Å². The third-order valence-corrected chi connectivity index (χ3v) is 4.65. The molecule has 4 heteroatoms. The average molecular weight is 306 g/mol. The monoisotopic (exact) mass is 306 g/mol. The Kier molecular flexibility index (Phi) is 4.89.